The largest absolute Gasteiger partial charge is 0.482 e. The molecule has 0 aromatic heterocycles. The highest BCUT2D eigenvalue weighted by Gasteiger charge is 2.13. The van der Waals surface area contributed by atoms with Gasteiger partial charge in [0.15, 0.2) is 9.95 Å². The fourth-order valence-corrected chi connectivity index (χ4v) is 1.74. The number of para-hydroxylation sites is 2. The van der Waals surface area contributed by atoms with Gasteiger partial charge in [-0.3, -0.25) is 0 Å². The van der Waals surface area contributed by atoms with Crippen LogP contribution in [0, 0.1) is 10.8 Å². The average Bonchev–Trinajstić information content (AvgIpc) is 2.58. The van der Waals surface area contributed by atoms with Crippen LogP contribution in [0.25, 0.3) is 9.95 Å². The highest BCUT2D eigenvalue weighted by Crippen LogP contribution is 2.27. The van der Waals surface area contributed by atoms with Crippen LogP contribution >= 0.6 is 0 Å². The number of diazo groups is 2. The Labute approximate surface area is 127 Å². The van der Waals surface area contributed by atoms with E-state index < -0.39 is 0 Å². The molecular formula is C16H14N4O2+2. The molecule has 0 atom stereocenters. The Kier molecular flexibility index (Phi) is 5.48. The van der Waals surface area contributed by atoms with Gasteiger partial charge < -0.3 is 9.47 Å². The first-order chi connectivity index (χ1) is 10.8. The Morgan fingerprint density at radius 1 is 0.727 bits per heavy atom. The summed E-state index contributed by atoms with van der Waals surface area (Å²) in [5, 5.41) is 17.6. The Morgan fingerprint density at radius 3 is 1.55 bits per heavy atom. The maximum absolute atomic E-state index is 8.81. The van der Waals surface area contributed by atoms with Crippen molar-refractivity contribution in [2.45, 2.75) is 0 Å². The van der Waals surface area contributed by atoms with E-state index >= 15 is 0 Å². The summed E-state index contributed by atoms with van der Waals surface area (Å²) < 4.78 is 10.9. The minimum absolute atomic E-state index is 0.321. The number of ether oxygens (including phenoxy) is 2. The smallest absolute Gasteiger partial charge is 0.426 e. The number of benzene rings is 2. The summed E-state index contributed by atoms with van der Waals surface area (Å²) >= 11 is 0. The molecule has 22 heavy (non-hydrogen) atoms. The number of hydrogen-bond acceptors (Lipinski definition) is 4. The molecule has 2 aromatic rings. The van der Waals surface area contributed by atoms with Crippen molar-refractivity contribution >= 4 is 11.4 Å². The Bertz CT molecular complexity index is 681. The molecule has 0 fully saturated rings. The van der Waals surface area contributed by atoms with Crippen LogP contribution in [0.2, 0.25) is 0 Å². The van der Waals surface area contributed by atoms with E-state index in [1.807, 2.05) is 0 Å². The van der Waals surface area contributed by atoms with Gasteiger partial charge in [0.25, 0.3) is 0 Å². The van der Waals surface area contributed by atoms with Crippen LogP contribution in [0.1, 0.15) is 0 Å². The molecule has 2 aromatic carbocycles. The van der Waals surface area contributed by atoms with Gasteiger partial charge in [-0.15, -0.1) is 0 Å². The third kappa shape index (κ3) is 4.06. The molecule has 0 amide bonds. The first-order valence-corrected chi connectivity index (χ1v) is 6.64. The summed E-state index contributed by atoms with van der Waals surface area (Å²) in [4.78, 5) is 6.27. The lowest BCUT2D eigenvalue weighted by molar-refractivity contribution is 0.352. The second-order valence-electron chi connectivity index (χ2n) is 4.23. The van der Waals surface area contributed by atoms with Crippen molar-refractivity contribution in [1.29, 1.82) is 10.8 Å². The van der Waals surface area contributed by atoms with Gasteiger partial charge in [0.1, 0.15) is 13.2 Å². The monoisotopic (exact) mass is 294 g/mol. The SMILES string of the molecule is N#[N+]c1ccccc1OC/C=C/COc1ccccc1[N+]#N. The molecule has 0 radical (unpaired) electrons. The van der Waals surface area contributed by atoms with Crippen LogP contribution in [0.3, 0.4) is 0 Å². The van der Waals surface area contributed by atoms with Gasteiger partial charge in [-0.25, -0.2) is 0 Å². The summed E-state index contributed by atoms with van der Waals surface area (Å²) in [5.41, 5.74) is 0.760. The first-order valence-electron chi connectivity index (χ1n) is 6.64. The molecule has 2 rings (SSSR count). The minimum Gasteiger partial charge on any atom is -0.482 e. The lowest BCUT2D eigenvalue weighted by atomic mass is 10.3. The summed E-state index contributed by atoms with van der Waals surface area (Å²) in [6.45, 7) is 0.643. The van der Waals surface area contributed by atoms with Crippen LogP contribution in [0.15, 0.2) is 60.7 Å². The standard InChI is InChI=1S/C16H14N4O2/c17-19-13-7-1-3-9-15(13)21-11-5-6-12-22-16-10-4-2-8-14(16)20-18/h1-10H,11-12H2/q+2/b6-5+. The van der Waals surface area contributed by atoms with E-state index in [0.717, 1.165) is 0 Å². The number of hydrogen-bond donors (Lipinski definition) is 0. The van der Waals surface area contributed by atoms with Crippen molar-refractivity contribution in [1.82, 2.24) is 0 Å². The molecule has 0 saturated heterocycles. The molecule has 0 N–H and O–H groups in total. The Balaban J connectivity index is 1.80. The Hall–Kier alpha value is -3.38. The van der Waals surface area contributed by atoms with Crippen molar-refractivity contribution in [2.24, 2.45) is 0 Å². The van der Waals surface area contributed by atoms with Crippen molar-refractivity contribution in [3.63, 3.8) is 0 Å². The van der Waals surface area contributed by atoms with Gasteiger partial charge in [-0.05, 0) is 24.3 Å². The molecule has 0 aliphatic carbocycles. The van der Waals surface area contributed by atoms with Crippen molar-refractivity contribution in [3.05, 3.63) is 70.6 Å². The lowest BCUT2D eigenvalue weighted by Gasteiger charge is -2.01. The molecular weight excluding hydrogens is 280 g/mol. The average molecular weight is 294 g/mol. The van der Waals surface area contributed by atoms with Crippen LogP contribution in [0.4, 0.5) is 11.4 Å². The maximum atomic E-state index is 8.81. The van der Waals surface area contributed by atoms with Gasteiger partial charge in [-0.1, -0.05) is 24.3 Å². The third-order valence-corrected chi connectivity index (χ3v) is 2.78. The maximum Gasteiger partial charge on any atom is 0.426 e. The molecule has 0 aliphatic heterocycles. The van der Waals surface area contributed by atoms with Crippen LogP contribution in [0.5, 0.6) is 11.5 Å². The topological polar surface area (TPSA) is 74.8 Å². The lowest BCUT2D eigenvalue weighted by Crippen LogP contribution is -1.97. The van der Waals surface area contributed by atoms with Gasteiger partial charge in [-0.2, -0.15) is 0 Å². The van der Waals surface area contributed by atoms with Gasteiger partial charge >= 0.3 is 11.4 Å². The molecule has 0 saturated carbocycles. The molecule has 6 nitrogen and oxygen atoms in total. The quantitative estimate of drug-likeness (QED) is 0.573. The highest BCUT2D eigenvalue weighted by atomic mass is 16.5. The van der Waals surface area contributed by atoms with Crippen LogP contribution in [-0.4, -0.2) is 13.2 Å². The van der Waals surface area contributed by atoms with E-state index in [-0.39, 0.29) is 0 Å². The summed E-state index contributed by atoms with van der Waals surface area (Å²) in [5.74, 6) is 1.000. The second-order valence-corrected chi connectivity index (χ2v) is 4.23. The molecule has 108 valence electrons. The van der Waals surface area contributed by atoms with Gasteiger partial charge in [0.2, 0.25) is 22.3 Å². The van der Waals surface area contributed by atoms with E-state index in [9.17, 15) is 0 Å². The predicted molar refractivity (Wildman–Crippen MR) is 82.5 cm³/mol. The molecule has 6 heteroatoms. The van der Waals surface area contributed by atoms with E-state index in [1.54, 1.807) is 60.7 Å². The molecule has 0 heterocycles. The van der Waals surface area contributed by atoms with Crippen molar-refractivity contribution < 1.29 is 9.47 Å². The van der Waals surface area contributed by atoms with Crippen molar-refractivity contribution in [2.75, 3.05) is 13.2 Å². The fraction of sp³-hybridized carbons (Fsp3) is 0.125. The Morgan fingerprint density at radius 2 is 1.14 bits per heavy atom. The summed E-state index contributed by atoms with van der Waals surface area (Å²) in [6, 6.07) is 13.9. The zero-order valence-electron chi connectivity index (χ0n) is 11.8. The van der Waals surface area contributed by atoms with E-state index in [4.69, 9.17) is 20.3 Å². The van der Waals surface area contributed by atoms with Crippen LogP contribution < -0.4 is 9.47 Å². The highest BCUT2D eigenvalue weighted by molar-refractivity contribution is 5.57. The number of rotatable bonds is 6. The molecule has 0 unspecified atom stereocenters. The van der Waals surface area contributed by atoms with E-state index in [1.165, 1.54) is 0 Å². The predicted octanol–water partition coefficient (Wildman–Crippen LogP) is 4.67. The normalized spacial score (nSPS) is 9.91. The summed E-state index contributed by atoms with van der Waals surface area (Å²) in [6.07, 6.45) is 3.57. The van der Waals surface area contributed by atoms with Crippen molar-refractivity contribution in [3.8, 4) is 11.5 Å². The molecule has 0 bridgehead atoms. The third-order valence-electron chi connectivity index (χ3n) is 2.78. The van der Waals surface area contributed by atoms with Crippen LogP contribution in [-0.2, 0) is 0 Å². The van der Waals surface area contributed by atoms with Gasteiger partial charge in [0.05, 0.1) is 0 Å². The second kappa shape index (κ2) is 8.03. The summed E-state index contributed by atoms with van der Waals surface area (Å²) in [7, 11) is 0. The molecule has 0 spiro atoms. The zero-order valence-corrected chi connectivity index (χ0v) is 11.8. The molecule has 0 aliphatic rings. The fourth-order valence-electron chi connectivity index (χ4n) is 1.74. The first kappa shape index (κ1) is 15.0. The van der Waals surface area contributed by atoms with E-state index in [0.29, 0.717) is 36.1 Å². The minimum atomic E-state index is 0.321. The van der Waals surface area contributed by atoms with E-state index in [2.05, 4.69) is 9.95 Å². The number of nitrogens with zero attached hydrogens (tertiary/aromatic N) is 4. The van der Waals surface area contributed by atoms with Gasteiger partial charge in [0, 0.05) is 12.1 Å². The zero-order chi connectivity index (χ0) is 15.6.